The zero-order chi connectivity index (χ0) is 36.7. The largest absolute Gasteiger partial charge is 0.498 e. The Morgan fingerprint density at radius 3 is 2.33 bits per heavy atom. The van der Waals surface area contributed by atoms with E-state index in [9.17, 15) is 0 Å². The second kappa shape index (κ2) is 14.0. The molecule has 0 amide bonds. The summed E-state index contributed by atoms with van der Waals surface area (Å²) in [5.41, 5.74) is 7.92. The third-order valence-corrected chi connectivity index (χ3v) is 7.67. The van der Waals surface area contributed by atoms with E-state index in [0.717, 1.165) is 49.6 Å². The molecule has 48 heavy (non-hydrogen) atoms. The van der Waals surface area contributed by atoms with Crippen molar-refractivity contribution in [3.63, 3.8) is 0 Å². The standard InChI is InChI=1S/C22H22N.C21H13N2O.Ir/c1-22(2,3)16-17-9-11-18(12-10-17)20-13-14-23-21(15-20)19-7-5-4-6-8-19;1-13-7-10-18(23-12-13)17-6-2-5-15-16-9-8-14-4-3-11-22-19(14)21(16)24-20(15)17;/h4-7,9-15H,16H2,1-3H3;2-5,7-12H,1H3;/q2*-1;/i16D2;1D3;. The van der Waals surface area contributed by atoms with Gasteiger partial charge in [0, 0.05) is 56.3 Å². The van der Waals surface area contributed by atoms with Gasteiger partial charge in [0.25, 0.3) is 0 Å². The van der Waals surface area contributed by atoms with E-state index in [1.165, 1.54) is 6.20 Å². The first-order valence-electron chi connectivity index (χ1n) is 17.9. The van der Waals surface area contributed by atoms with Crippen LogP contribution in [0.1, 0.15) is 38.8 Å². The number of benzene rings is 4. The Morgan fingerprint density at radius 2 is 1.58 bits per heavy atom. The van der Waals surface area contributed by atoms with Gasteiger partial charge in [-0.2, -0.15) is 0 Å². The molecule has 4 heterocycles. The smallest absolute Gasteiger partial charge is 0.147 e. The average Bonchev–Trinajstić information content (AvgIpc) is 3.54. The monoisotopic (exact) mass is 807 g/mol. The Labute approximate surface area is 302 Å². The second-order valence-corrected chi connectivity index (χ2v) is 12.3. The second-order valence-electron chi connectivity index (χ2n) is 12.3. The number of furan rings is 1. The summed E-state index contributed by atoms with van der Waals surface area (Å²) in [5.74, 6) is 0. The van der Waals surface area contributed by atoms with Crippen molar-refractivity contribution in [2.75, 3.05) is 0 Å². The summed E-state index contributed by atoms with van der Waals surface area (Å²) in [4.78, 5) is 13.2. The summed E-state index contributed by atoms with van der Waals surface area (Å²) in [7, 11) is 0. The van der Waals surface area contributed by atoms with Crippen LogP contribution >= 0.6 is 0 Å². The van der Waals surface area contributed by atoms with Crippen molar-refractivity contribution in [3.05, 3.63) is 151 Å². The molecule has 0 spiro atoms. The van der Waals surface area contributed by atoms with Gasteiger partial charge in [-0.3, -0.25) is 4.98 Å². The molecule has 0 saturated carbocycles. The van der Waals surface area contributed by atoms with Gasteiger partial charge in [0.2, 0.25) is 0 Å². The molecule has 0 saturated heterocycles. The molecule has 4 aromatic carbocycles. The molecule has 0 fully saturated rings. The minimum Gasteiger partial charge on any atom is -0.498 e. The van der Waals surface area contributed by atoms with E-state index in [1.807, 2.05) is 118 Å². The number of aromatic nitrogens is 3. The molecule has 0 aliphatic carbocycles. The van der Waals surface area contributed by atoms with E-state index in [0.29, 0.717) is 22.4 Å². The van der Waals surface area contributed by atoms with Crippen LogP contribution in [-0.2, 0) is 26.5 Å². The van der Waals surface area contributed by atoms with Crippen LogP contribution in [0.25, 0.3) is 66.5 Å². The molecule has 0 bridgehead atoms. The maximum Gasteiger partial charge on any atom is 0.147 e. The first-order valence-corrected chi connectivity index (χ1v) is 15.4. The molecule has 0 aliphatic heterocycles. The summed E-state index contributed by atoms with van der Waals surface area (Å²) in [6.07, 6.45) is 3.55. The van der Waals surface area contributed by atoms with Gasteiger partial charge in [-0.1, -0.05) is 92.4 Å². The van der Waals surface area contributed by atoms with E-state index in [2.05, 4.69) is 27.1 Å². The molecule has 8 rings (SSSR count). The molecule has 4 nitrogen and oxygen atoms in total. The zero-order valence-electron chi connectivity index (χ0n) is 31.7. The molecule has 1 radical (unpaired) electrons. The maximum atomic E-state index is 8.39. The predicted octanol–water partition coefficient (Wildman–Crippen LogP) is 11.1. The summed E-state index contributed by atoms with van der Waals surface area (Å²) >= 11 is 0. The third-order valence-electron chi connectivity index (χ3n) is 7.67. The van der Waals surface area contributed by atoms with Crippen molar-refractivity contribution < 1.29 is 31.4 Å². The van der Waals surface area contributed by atoms with Gasteiger partial charge in [-0.25, -0.2) is 0 Å². The number of aryl methyl sites for hydroxylation is 1. The van der Waals surface area contributed by atoms with Gasteiger partial charge in [0.15, 0.2) is 0 Å². The number of pyridine rings is 3. The normalized spacial score (nSPS) is 13.4. The van der Waals surface area contributed by atoms with Crippen molar-refractivity contribution in [2.45, 2.75) is 34.0 Å². The van der Waals surface area contributed by atoms with Crippen LogP contribution in [0, 0.1) is 24.4 Å². The number of rotatable bonds is 4. The summed E-state index contributed by atoms with van der Waals surface area (Å²) < 4.78 is 45.5. The van der Waals surface area contributed by atoms with Crippen LogP contribution in [0.4, 0.5) is 0 Å². The summed E-state index contributed by atoms with van der Waals surface area (Å²) in [6.45, 7) is 3.59. The van der Waals surface area contributed by atoms with Gasteiger partial charge < -0.3 is 14.4 Å². The molecule has 5 heteroatoms. The number of hydrogen-bond donors (Lipinski definition) is 0. The fourth-order valence-corrected chi connectivity index (χ4v) is 5.56. The van der Waals surface area contributed by atoms with Crippen molar-refractivity contribution in [1.29, 1.82) is 0 Å². The molecule has 0 aliphatic rings. The molecule has 4 aromatic heterocycles. The SMILES string of the molecule is [2H]C([2H])([2H])c1ccc(-c2[c-]ccc3c2oc2c3ccc3cccnc32)nc1.[2H]C([2H])(c1ccc(-c2ccnc(-c3[c-]cccc3)c2)cc1)C(C)(C)C.[Ir]. The van der Waals surface area contributed by atoms with Crippen LogP contribution < -0.4 is 0 Å². The molecular weight excluding hydrogens is 767 g/mol. The maximum absolute atomic E-state index is 8.39. The molecule has 0 unspecified atom stereocenters. The van der Waals surface area contributed by atoms with Gasteiger partial charge in [-0.05, 0) is 64.4 Å². The topological polar surface area (TPSA) is 51.8 Å². The Kier molecular flexibility index (Phi) is 7.90. The fraction of sp³-hybridized carbons (Fsp3) is 0.140. The zero-order valence-corrected chi connectivity index (χ0v) is 29.1. The first-order chi connectivity index (χ1) is 24.8. The number of hydrogen-bond acceptors (Lipinski definition) is 4. The van der Waals surface area contributed by atoms with E-state index >= 15 is 0 Å². The van der Waals surface area contributed by atoms with E-state index in [4.69, 9.17) is 11.3 Å². The Morgan fingerprint density at radius 1 is 0.729 bits per heavy atom. The fourth-order valence-electron chi connectivity index (χ4n) is 5.56. The molecular formula is C43H35IrN3O-2. The molecule has 0 N–H and O–H groups in total. The van der Waals surface area contributed by atoms with E-state index in [-0.39, 0.29) is 25.7 Å². The van der Waals surface area contributed by atoms with Gasteiger partial charge in [0.1, 0.15) is 11.1 Å². The summed E-state index contributed by atoms with van der Waals surface area (Å²) in [6, 6.07) is 40.9. The average molecular weight is 807 g/mol. The van der Waals surface area contributed by atoms with Gasteiger partial charge in [-0.15, -0.1) is 54.1 Å². The van der Waals surface area contributed by atoms with Crippen LogP contribution in [0.5, 0.6) is 0 Å². The van der Waals surface area contributed by atoms with Crippen molar-refractivity contribution >= 4 is 32.8 Å². The van der Waals surface area contributed by atoms with Crippen molar-refractivity contribution in [2.24, 2.45) is 5.41 Å². The van der Waals surface area contributed by atoms with Crippen molar-refractivity contribution in [1.82, 2.24) is 15.0 Å². The van der Waals surface area contributed by atoms with E-state index < -0.39 is 18.6 Å². The Hall–Kier alpha value is -4.96. The van der Waals surface area contributed by atoms with Crippen LogP contribution in [0.2, 0.25) is 0 Å². The van der Waals surface area contributed by atoms with Gasteiger partial charge >= 0.3 is 0 Å². The summed E-state index contributed by atoms with van der Waals surface area (Å²) in [5, 5.41) is 2.94. The minimum atomic E-state index is -2.18. The van der Waals surface area contributed by atoms with Crippen molar-refractivity contribution in [3.8, 4) is 33.6 Å². The minimum absolute atomic E-state index is 0. The quantitative estimate of drug-likeness (QED) is 0.166. The molecule has 0 atom stereocenters. The first kappa shape index (κ1) is 27.0. The third kappa shape index (κ3) is 7.13. The Balaban J connectivity index is 0.000000179. The van der Waals surface area contributed by atoms with Gasteiger partial charge in [0.05, 0.1) is 5.58 Å². The van der Waals surface area contributed by atoms with Crippen LogP contribution in [0.15, 0.2) is 132 Å². The molecule has 239 valence electrons. The van der Waals surface area contributed by atoms with Crippen LogP contribution in [0.3, 0.4) is 0 Å². The number of fused-ring (bicyclic) bond motifs is 5. The Bertz CT molecular complexity index is 2510. The van der Waals surface area contributed by atoms with Crippen LogP contribution in [-0.4, -0.2) is 15.0 Å². The predicted molar refractivity (Wildman–Crippen MR) is 193 cm³/mol. The van der Waals surface area contributed by atoms with E-state index in [1.54, 1.807) is 24.5 Å². The number of nitrogens with zero attached hydrogens (tertiary/aromatic N) is 3. The molecule has 8 aromatic rings.